The summed E-state index contributed by atoms with van der Waals surface area (Å²) in [5.41, 5.74) is 9.67. The molecule has 0 aliphatic carbocycles. The molecule has 2 aromatic rings. The summed E-state index contributed by atoms with van der Waals surface area (Å²) in [4.78, 5) is 14.4. The van der Waals surface area contributed by atoms with Crippen LogP contribution in [-0.2, 0) is 4.79 Å². The Hall–Kier alpha value is -2.75. The molecule has 0 bridgehead atoms. The van der Waals surface area contributed by atoms with Gasteiger partial charge in [0.2, 0.25) is 5.91 Å². The van der Waals surface area contributed by atoms with Crippen molar-refractivity contribution >= 4 is 40.1 Å². The third-order valence-corrected chi connectivity index (χ3v) is 7.00. The average molecular weight is 473 g/mol. The lowest BCUT2D eigenvalue weighted by atomic mass is 9.99. The molecule has 7 nitrogen and oxygen atoms in total. The van der Waals surface area contributed by atoms with Crippen LogP contribution in [0.1, 0.15) is 23.6 Å². The number of thioether (sulfide) groups is 1. The molecule has 32 heavy (non-hydrogen) atoms. The first-order chi connectivity index (χ1) is 15.5. The van der Waals surface area contributed by atoms with E-state index in [1.54, 1.807) is 0 Å². The van der Waals surface area contributed by atoms with Crippen LogP contribution < -0.4 is 16.2 Å². The fourth-order valence-electron chi connectivity index (χ4n) is 4.07. The number of benzene rings is 2. The van der Waals surface area contributed by atoms with E-state index in [9.17, 15) is 9.18 Å². The Bertz CT molecular complexity index is 1090. The molecule has 3 atom stereocenters. The van der Waals surface area contributed by atoms with Crippen molar-refractivity contribution in [1.82, 2.24) is 20.8 Å². The molecule has 3 aliphatic rings. The van der Waals surface area contributed by atoms with E-state index in [0.29, 0.717) is 5.69 Å². The van der Waals surface area contributed by atoms with Gasteiger partial charge < -0.3 is 15.2 Å². The summed E-state index contributed by atoms with van der Waals surface area (Å²) in [7, 11) is 0. The normalized spacial score (nSPS) is 23.5. The van der Waals surface area contributed by atoms with E-state index in [4.69, 9.17) is 11.6 Å². The Kier molecular flexibility index (Phi) is 5.71. The molecule has 0 spiro atoms. The van der Waals surface area contributed by atoms with Gasteiger partial charge in [0.05, 0.1) is 28.5 Å². The zero-order valence-corrected chi connectivity index (χ0v) is 18.8. The van der Waals surface area contributed by atoms with Crippen molar-refractivity contribution in [1.29, 1.82) is 0 Å². The zero-order valence-electron chi connectivity index (χ0n) is 17.3. The number of anilines is 1. The number of nitrogens with one attached hydrogen (secondary N) is 3. The van der Waals surface area contributed by atoms with Crippen LogP contribution in [0.2, 0.25) is 5.02 Å². The van der Waals surface area contributed by atoms with Crippen LogP contribution in [0.5, 0.6) is 0 Å². The number of hydrazine groups is 1. The first-order valence-electron chi connectivity index (χ1n) is 10.3. The highest BCUT2D eigenvalue weighted by Gasteiger charge is 2.44. The van der Waals surface area contributed by atoms with Crippen LogP contribution in [0.25, 0.3) is 0 Å². The number of aryl methyl sites for hydroxylation is 1. The van der Waals surface area contributed by atoms with Crippen molar-refractivity contribution in [3.8, 4) is 0 Å². The van der Waals surface area contributed by atoms with Crippen molar-refractivity contribution in [3.63, 3.8) is 0 Å². The van der Waals surface area contributed by atoms with E-state index >= 15 is 0 Å². The highest BCUT2D eigenvalue weighted by molar-refractivity contribution is 8.14. The smallest absolute Gasteiger partial charge is 0.234 e. The monoisotopic (exact) mass is 472 g/mol. The van der Waals surface area contributed by atoms with Gasteiger partial charge in [-0.15, -0.1) is 0 Å². The van der Waals surface area contributed by atoms with E-state index < -0.39 is 5.82 Å². The third kappa shape index (κ3) is 4.15. The molecule has 0 aromatic heterocycles. The van der Waals surface area contributed by atoms with Crippen molar-refractivity contribution in [3.05, 3.63) is 76.8 Å². The summed E-state index contributed by atoms with van der Waals surface area (Å²) in [6.07, 6.45) is 4.89. The highest BCUT2D eigenvalue weighted by Crippen LogP contribution is 2.35. The predicted octanol–water partition coefficient (Wildman–Crippen LogP) is 3.77. The van der Waals surface area contributed by atoms with Gasteiger partial charge >= 0.3 is 0 Å². The molecule has 3 unspecified atom stereocenters. The highest BCUT2D eigenvalue weighted by atomic mass is 35.5. The maximum absolute atomic E-state index is 13.2. The van der Waals surface area contributed by atoms with Gasteiger partial charge in [-0.1, -0.05) is 53.2 Å². The van der Waals surface area contributed by atoms with E-state index in [2.05, 4.69) is 62.4 Å². The van der Waals surface area contributed by atoms with Gasteiger partial charge in [0.15, 0.2) is 5.17 Å². The van der Waals surface area contributed by atoms with Crippen LogP contribution in [0.3, 0.4) is 0 Å². The molecule has 10 heteroatoms. The Morgan fingerprint density at radius 2 is 2.09 bits per heavy atom. The Morgan fingerprint density at radius 3 is 2.88 bits per heavy atom. The maximum Gasteiger partial charge on any atom is 0.234 e. The third-order valence-electron chi connectivity index (χ3n) is 5.72. The van der Waals surface area contributed by atoms with Gasteiger partial charge in [0.1, 0.15) is 12.0 Å². The summed E-state index contributed by atoms with van der Waals surface area (Å²) in [5, 5.41) is 10.2. The molecule has 1 fully saturated rings. The minimum atomic E-state index is -0.447. The molecule has 5 rings (SSSR count). The standard InChI is InChI=1S/C22H22ClFN6OS/c1-13-2-4-14(5-3-13)18-11-19-21-26-27-22(29(21)8-9-30(19)28-18)32-12-20(31)25-17-7-6-15(24)10-16(17)23/h2-10,18-19,21,26,28H,11-12H2,1H3,(H,25,31). The van der Waals surface area contributed by atoms with Gasteiger partial charge in [-0.05, 0) is 37.1 Å². The lowest BCUT2D eigenvalue weighted by molar-refractivity contribution is -0.113. The van der Waals surface area contributed by atoms with Crippen LogP contribution in [-0.4, -0.2) is 38.9 Å². The minimum absolute atomic E-state index is 0.0138. The molecule has 2 aromatic carbocycles. The molecule has 3 N–H and O–H groups in total. The largest absolute Gasteiger partial charge is 0.324 e. The molecular formula is C22H22ClFN6OS. The number of halogens is 2. The molecule has 3 heterocycles. The van der Waals surface area contributed by atoms with Crippen molar-refractivity contribution in [2.24, 2.45) is 5.10 Å². The van der Waals surface area contributed by atoms with E-state index in [1.807, 2.05) is 12.4 Å². The number of hydrogen-bond donors (Lipinski definition) is 3. The maximum atomic E-state index is 13.2. The van der Waals surface area contributed by atoms with Gasteiger partial charge in [0, 0.05) is 12.4 Å². The Balaban J connectivity index is 1.18. The number of fused-ring (bicyclic) bond motifs is 3. The first-order valence-corrected chi connectivity index (χ1v) is 11.6. The van der Waals surface area contributed by atoms with Crippen molar-refractivity contribution in [2.75, 3.05) is 11.1 Å². The number of rotatable bonds is 4. The average Bonchev–Trinajstić information content (AvgIpc) is 3.38. The molecule has 1 saturated heterocycles. The summed E-state index contributed by atoms with van der Waals surface area (Å²) in [6, 6.07) is 12.9. The van der Waals surface area contributed by atoms with Crippen LogP contribution in [0, 0.1) is 12.7 Å². The number of carbonyl (C=O) groups excluding carboxylic acids is 1. The molecule has 166 valence electrons. The number of hydrazone groups is 1. The SMILES string of the molecule is Cc1ccc(C2CC3C4NN=C(SCC(=O)Nc5ccc(F)cc5Cl)N4C=CN3N2)cc1. The van der Waals surface area contributed by atoms with Crippen LogP contribution >= 0.6 is 23.4 Å². The second-order valence-electron chi connectivity index (χ2n) is 7.94. The summed E-state index contributed by atoms with van der Waals surface area (Å²) >= 11 is 7.32. The van der Waals surface area contributed by atoms with Crippen molar-refractivity contribution in [2.45, 2.75) is 31.6 Å². The first kappa shape index (κ1) is 21.1. The lowest BCUT2D eigenvalue weighted by Gasteiger charge is -2.36. The Labute approximate surface area is 194 Å². The second-order valence-corrected chi connectivity index (χ2v) is 9.29. The minimum Gasteiger partial charge on any atom is -0.324 e. The number of amidine groups is 1. The Morgan fingerprint density at radius 1 is 1.28 bits per heavy atom. The lowest BCUT2D eigenvalue weighted by Crippen LogP contribution is -2.54. The molecule has 0 radical (unpaired) electrons. The molecule has 1 amide bonds. The quantitative estimate of drug-likeness (QED) is 0.629. The van der Waals surface area contributed by atoms with Gasteiger partial charge in [-0.2, -0.15) is 5.10 Å². The zero-order chi connectivity index (χ0) is 22.2. The van der Waals surface area contributed by atoms with Crippen LogP contribution in [0.4, 0.5) is 10.1 Å². The van der Waals surface area contributed by atoms with Gasteiger partial charge in [0.25, 0.3) is 0 Å². The molecule has 3 aliphatic heterocycles. The summed E-state index contributed by atoms with van der Waals surface area (Å²) in [6.45, 7) is 2.09. The van der Waals surface area contributed by atoms with Crippen LogP contribution in [0.15, 0.2) is 60.0 Å². The van der Waals surface area contributed by atoms with Gasteiger partial charge in [-0.25, -0.2) is 9.82 Å². The molecule has 0 saturated carbocycles. The van der Waals surface area contributed by atoms with Gasteiger partial charge in [-0.3, -0.25) is 10.2 Å². The van der Waals surface area contributed by atoms with E-state index in [0.717, 1.165) is 11.6 Å². The second kappa shape index (κ2) is 8.65. The van der Waals surface area contributed by atoms with Crippen molar-refractivity contribution < 1.29 is 9.18 Å². The number of hydrogen-bond acceptors (Lipinski definition) is 7. The number of amides is 1. The topological polar surface area (TPSA) is 72.0 Å². The fourth-order valence-corrected chi connectivity index (χ4v) is 5.06. The summed E-state index contributed by atoms with van der Waals surface area (Å²) < 4.78 is 13.2. The number of nitrogens with zero attached hydrogens (tertiary/aromatic N) is 3. The summed E-state index contributed by atoms with van der Waals surface area (Å²) in [5.74, 6) is -0.528. The number of carbonyl (C=O) groups is 1. The van der Waals surface area contributed by atoms with E-state index in [1.165, 1.54) is 41.1 Å². The predicted molar refractivity (Wildman–Crippen MR) is 125 cm³/mol. The van der Waals surface area contributed by atoms with E-state index in [-0.39, 0.29) is 34.9 Å². The fraction of sp³-hybridized carbons (Fsp3) is 0.273. The molecular weight excluding hydrogens is 451 g/mol.